The number of hydrogen-bond donors (Lipinski definition) is 3. The van der Waals surface area contributed by atoms with Crippen molar-refractivity contribution in [1.29, 1.82) is 0 Å². The van der Waals surface area contributed by atoms with Crippen LogP contribution >= 0.6 is 19.2 Å². The summed E-state index contributed by atoms with van der Waals surface area (Å²) in [6.07, 6.45) is 0.936. The smallest absolute Gasteiger partial charge is 0.393 e. The van der Waals surface area contributed by atoms with E-state index in [4.69, 9.17) is 35.5 Å². The third-order valence-corrected chi connectivity index (χ3v) is 6.57. The first kappa shape index (κ1) is 25.8. The molecule has 14 nitrogen and oxygen atoms in total. The zero-order chi connectivity index (χ0) is 25.7. The molecule has 0 saturated carbocycles. The number of imidazole rings is 1. The van der Waals surface area contributed by atoms with Crippen molar-refractivity contribution in [3.63, 3.8) is 0 Å². The minimum absolute atomic E-state index is 0.0242. The summed E-state index contributed by atoms with van der Waals surface area (Å²) in [6.45, 7) is -0.978. The molecule has 4 aromatic rings. The van der Waals surface area contributed by atoms with Crippen molar-refractivity contribution in [2.45, 2.75) is 26.4 Å². The van der Waals surface area contributed by atoms with E-state index in [9.17, 15) is 19.3 Å². The van der Waals surface area contributed by atoms with Crippen molar-refractivity contribution in [3.8, 4) is 0 Å². The molecule has 0 fully saturated rings. The Morgan fingerprint density at radius 1 is 1.19 bits per heavy atom. The number of aliphatic hydroxyl groups excluding tert-OH is 1. The molecule has 0 radical (unpaired) electrons. The average Bonchev–Trinajstić information content (AvgIpc) is 3.42. The first-order chi connectivity index (χ1) is 17.3. The van der Waals surface area contributed by atoms with Gasteiger partial charge in [0.05, 0.1) is 19.5 Å². The minimum Gasteiger partial charge on any atom is -0.393 e. The lowest BCUT2D eigenvalue weighted by molar-refractivity contribution is 0.113. The van der Waals surface area contributed by atoms with Crippen molar-refractivity contribution >= 4 is 36.3 Å². The number of halogens is 1. The van der Waals surface area contributed by atoms with Crippen LogP contribution in [0.4, 0.5) is 5.95 Å². The molecular formula is C20H21ClN5O9P. The number of anilines is 1. The number of rotatable bonds is 12. The number of hydrogen-bond acceptors (Lipinski definition) is 12. The maximum atomic E-state index is 13.4. The number of benzene rings is 1. The topological polar surface area (TPSA) is 198 Å². The molecule has 0 aliphatic rings. The highest BCUT2D eigenvalue weighted by molar-refractivity contribution is 7.53. The SMILES string of the molecule is Nc1nc2c(ncn2CCOCP(=O)(OCc2cccc(Cl)c2)OCc2oc(=O)oc2CO)c(=O)[nH]1. The summed E-state index contributed by atoms with van der Waals surface area (Å²) in [7, 11) is -3.92. The fourth-order valence-electron chi connectivity index (χ4n) is 3.11. The Hall–Kier alpha value is -3.26. The standard InChI is InChI=1S/C20H21ClN5O9P/c21-13-3-1-2-12(6-13)8-32-36(30,33-9-15-14(7-27)34-20(29)35-15)11-31-5-4-26-10-23-16-17(26)24-19(22)25-18(16)28/h1-3,6,10,27H,4-5,7-9,11H2,(H3,22,24,25,28). The number of aromatic amines is 1. The monoisotopic (exact) mass is 541 g/mol. The molecule has 1 aromatic carbocycles. The van der Waals surface area contributed by atoms with Crippen molar-refractivity contribution in [3.05, 3.63) is 73.7 Å². The number of H-pyrrole nitrogens is 1. The van der Waals surface area contributed by atoms with Crippen LogP contribution in [0.5, 0.6) is 0 Å². The highest BCUT2D eigenvalue weighted by atomic mass is 35.5. The Kier molecular flexibility index (Phi) is 8.04. The van der Waals surface area contributed by atoms with Crippen LogP contribution < -0.4 is 17.1 Å². The van der Waals surface area contributed by atoms with Crippen molar-refractivity contribution < 1.29 is 32.3 Å². The van der Waals surface area contributed by atoms with E-state index in [1.807, 2.05) is 0 Å². The zero-order valence-electron chi connectivity index (χ0n) is 18.6. The van der Waals surface area contributed by atoms with E-state index >= 15 is 0 Å². The van der Waals surface area contributed by atoms with E-state index in [2.05, 4.69) is 19.4 Å². The summed E-state index contributed by atoms with van der Waals surface area (Å²) in [5.41, 5.74) is 6.13. The van der Waals surface area contributed by atoms with E-state index < -0.39 is 38.5 Å². The average molecular weight is 542 g/mol. The van der Waals surface area contributed by atoms with Crippen LogP contribution in [0.2, 0.25) is 5.02 Å². The first-order valence-electron chi connectivity index (χ1n) is 10.4. The van der Waals surface area contributed by atoms with Crippen LogP contribution in [0.15, 0.2) is 49.0 Å². The quantitative estimate of drug-likeness (QED) is 0.174. The van der Waals surface area contributed by atoms with Gasteiger partial charge in [-0.2, -0.15) is 4.98 Å². The molecule has 36 heavy (non-hydrogen) atoms. The van der Waals surface area contributed by atoms with E-state index in [0.717, 1.165) is 0 Å². The molecule has 16 heteroatoms. The number of aliphatic hydroxyl groups is 1. The van der Waals surface area contributed by atoms with Crippen molar-refractivity contribution in [1.82, 2.24) is 19.5 Å². The summed E-state index contributed by atoms with van der Waals surface area (Å²) in [4.78, 5) is 33.7. The lowest BCUT2D eigenvalue weighted by Crippen LogP contribution is -2.13. The van der Waals surface area contributed by atoms with E-state index in [1.165, 1.54) is 6.33 Å². The maximum Gasteiger partial charge on any atom is 0.519 e. The minimum atomic E-state index is -3.92. The van der Waals surface area contributed by atoms with E-state index in [0.29, 0.717) is 10.6 Å². The normalized spacial score (nSPS) is 13.3. The second-order valence-corrected chi connectivity index (χ2v) is 9.78. The molecule has 192 valence electrons. The van der Waals surface area contributed by atoms with Gasteiger partial charge in [-0.05, 0) is 17.7 Å². The molecule has 0 aliphatic carbocycles. The van der Waals surface area contributed by atoms with Gasteiger partial charge in [0.15, 0.2) is 22.7 Å². The van der Waals surface area contributed by atoms with Crippen LogP contribution in [0.3, 0.4) is 0 Å². The molecular weight excluding hydrogens is 521 g/mol. The lowest BCUT2D eigenvalue weighted by Gasteiger charge is -2.18. The third-order valence-electron chi connectivity index (χ3n) is 4.80. The molecule has 0 saturated heterocycles. The van der Waals surface area contributed by atoms with Crippen LogP contribution in [0.25, 0.3) is 11.2 Å². The number of nitrogens with two attached hydrogens (primary N) is 1. The van der Waals surface area contributed by atoms with Crippen LogP contribution in [0.1, 0.15) is 17.1 Å². The highest BCUT2D eigenvalue weighted by Gasteiger charge is 2.28. The molecule has 3 heterocycles. The second kappa shape index (κ2) is 11.2. The fourth-order valence-corrected chi connectivity index (χ4v) is 4.56. The van der Waals surface area contributed by atoms with Gasteiger partial charge < -0.3 is 33.5 Å². The van der Waals surface area contributed by atoms with E-state index in [1.54, 1.807) is 28.8 Å². The summed E-state index contributed by atoms with van der Waals surface area (Å²) < 4.78 is 41.0. The summed E-state index contributed by atoms with van der Waals surface area (Å²) in [5, 5.41) is 9.75. The number of aromatic nitrogens is 4. The van der Waals surface area contributed by atoms with Crippen LogP contribution in [0, 0.1) is 0 Å². The zero-order valence-corrected chi connectivity index (χ0v) is 20.2. The predicted molar refractivity (Wildman–Crippen MR) is 125 cm³/mol. The Morgan fingerprint density at radius 2 is 1.97 bits per heavy atom. The Labute approximate surface area is 207 Å². The maximum absolute atomic E-state index is 13.4. The third kappa shape index (κ3) is 6.29. The summed E-state index contributed by atoms with van der Waals surface area (Å²) >= 11 is 5.99. The Morgan fingerprint density at radius 3 is 2.75 bits per heavy atom. The van der Waals surface area contributed by atoms with Gasteiger partial charge in [0.1, 0.15) is 19.6 Å². The summed E-state index contributed by atoms with van der Waals surface area (Å²) in [6, 6.07) is 6.74. The van der Waals surface area contributed by atoms with Crippen LogP contribution in [-0.4, -0.2) is 37.6 Å². The Bertz CT molecular complexity index is 1510. The number of nitrogens with zero attached hydrogens (tertiary/aromatic N) is 3. The van der Waals surface area contributed by atoms with Gasteiger partial charge in [-0.15, -0.1) is 0 Å². The molecule has 4 rings (SSSR count). The van der Waals surface area contributed by atoms with Gasteiger partial charge in [-0.1, -0.05) is 23.7 Å². The van der Waals surface area contributed by atoms with Gasteiger partial charge in [-0.3, -0.25) is 18.9 Å². The molecule has 1 atom stereocenters. The van der Waals surface area contributed by atoms with Crippen molar-refractivity contribution in [2.24, 2.45) is 0 Å². The number of fused-ring (bicyclic) bond motifs is 1. The second-order valence-electron chi connectivity index (χ2n) is 7.34. The molecule has 1 unspecified atom stereocenters. The van der Waals surface area contributed by atoms with Gasteiger partial charge in [0.25, 0.3) is 5.56 Å². The number of nitrogen functional groups attached to an aromatic ring is 1. The summed E-state index contributed by atoms with van der Waals surface area (Å²) in [5.74, 6) is -1.39. The first-order valence-corrected chi connectivity index (χ1v) is 12.5. The van der Waals surface area contributed by atoms with Crippen molar-refractivity contribution in [2.75, 3.05) is 18.7 Å². The number of nitrogens with one attached hydrogen (secondary N) is 1. The molecule has 4 N–H and O–H groups in total. The van der Waals surface area contributed by atoms with Gasteiger partial charge in [0, 0.05) is 11.6 Å². The van der Waals surface area contributed by atoms with Gasteiger partial charge in [-0.25, -0.2) is 9.78 Å². The fraction of sp³-hybridized carbons (Fsp3) is 0.300. The van der Waals surface area contributed by atoms with Gasteiger partial charge >= 0.3 is 13.4 Å². The van der Waals surface area contributed by atoms with E-state index in [-0.39, 0.29) is 48.4 Å². The number of ether oxygens (including phenoxy) is 1. The molecule has 0 bridgehead atoms. The van der Waals surface area contributed by atoms with Gasteiger partial charge in [0.2, 0.25) is 5.95 Å². The predicted octanol–water partition coefficient (Wildman–Crippen LogP) is 1.99. The highest BCUT2D eigenvalue weighted by Crippen LogP contribution is 2.50. The molecule has 0 aliphatic heterocycles. The molecule has 3 aromatic heterocycles. The molecule has 0 amide bonds. The lowest BCUT2D eigenvalue weighted by atomic mass is 10.2. The van der Waals surface area contributed by atoms with Crippen LogP contribution in [-0.2, 0) is 44.7 Å². The molecule has 0 spiro atoms. The largest absolute Gasteiger partial charge is 0.519 e. The Balaban J connectivity index is 1.42.